The molecule has 0 bridgehead atoms. The van der Waals surface area contributed by atoms with E-state index in [4.69, 9.17) is 32.7 Å². The largest absolute Gasteiger partial charge is 0.495 e. The number of carbonyl (C=O) groups excluding carboxylic acids is 1. The quantitative estimate of drug-likeness (QED) is 0.781. The molecule has 0 heterocycles. The van der Waals surface area contributed by atoms with Crippen LogP contribution >= 0.6 is 23.2 Å². The Labute approximate surface area is 131 Å². The number of carbonyl (C=O) groups is 1. The first-order chi connectivity index (χ1) is 9.97. The van der Waals surface area contributed by atoms with Crippen LogP contribution in [0.3, 0.4) is 0 Å². The maximum absolute atomic E-state index is 13.4. The van der Waals surface area contributed by atoms with E-state index in [2.05, 4.69) is 0 Å². The first kappa shape index (κ1) is 15.6. The van der Waals surface area contributed by atoms with Crippen LogP contribution in [-0.4, -0.2) is 20.0 Å². The molecule has 0 saturated carbocycles. The van der Waals surface area contributed by atoms with Crippen LogP contribution < -0.4 is 9.47 Å². The summed E-state index contributed by atoms with van der Waals surface area (Å²) in [4.78, 5) is 12.4. The van der Waals surface area contributed by atoms with Gasteiger partial charge in [-0.25, -0.2) is 4.39 Å². The van der Waals surface area contributed by atoms with Crippen molar-refractivity contribution in [3.8, 4) is 11.5 Å². The number of methoxy groups -OCH3 is 2. The third-order valence-corrected chi connectivity index (χ3v) is 3.51. The molecule has 0 unspecified atom stereocenters. The molecule has 0 spiro atoms. The lowest BCUT2D eigenvalue weighted by molar-refractivity contribution is 0.103. The molecule has 0 aliphatic carbocycles. The maximum Gasteiger partial charge on any atom is 0.194 e. The van der Waals surface area contributed by atoms with E-state index in [9.17, 15) is 9.18 Å². The molecular weight excluding hydrogens is 318 g/mol. The van der Waals surface area contributed by atoms with Gasteiger partial charge in [-0.1, -0.05) is 23.2 Å². The van der Waals surface area contributed by atoms with Gasteiger partial charge in [-0.3, -0.25) is 4.79 Å². The molecule has 110 valence electrons. The average Bonchev–Trinajstić information content (AvgIpc) is 2.49. The summed E-state index contributed by atoms with van der Waals surface area (Å²) in [6.07, 6.45) is 0. The second kappa shape index (κ2) is 6.33. The van der Waals surface area contributed by atoms with Crippen molar-refractivity contribution in [2.75, 3.05) is 14.2 Å². The van der Waals surface area contributed by atoms with Crippen molar-refractivity contribution < 1.29 is 18.7 Å². The fourth-order valence-electron chi connectivity index (χ4n) is 1.82. The highest BCUT2D eigenvalue weighted by Gasteiger charge is 2.17. The Kier molecular flexibility index (Phi) is 4.70. The smallest absolute Gasteiger partial charge is 0.194 e. The number of hydrogen-bond donors (Lipinski definition) is 0. The van der Waals surface area contributed by atoms with Gasteiger partial charge in [0.05, 0.1) is 24.3 Å². The van der Waals surface area contributed by atoms with Gasteiger partial charge in [0.25, 0.3) is 0 Å². The van der Waals surface area contributed by atoms with Crippen molar-refractivity contribution in [2.24, 2.45) is 0 Å². The zero-order valence-electron chi connectivity index (χ0n) is 11.2. The molecule has 0 N–H and O–H groups in total. The fraction of sp³-hybridized carbons (Fsp3) is 0.133. The minimum atomic E-state index is -0.548. The zero-order chi connectivity index (χ0) is 15.6. The van der Waals surface area contributed by atoms with Gasteiger partial charge in [0, 0.05) is 17.2 Å². The van der Waals surface area contributed by atoms with Crippen molar-refractivity contribution in [1.82, 2.24) is 0 Å². The molecule has 0 aliphatic rings. The van der Waals surface area contributed by atoms with E-state index in [1.165, 1.54) is 38.5 Å². The van der Waals surface area contributed by atoms with Gasteiger partial charge >= 0.3 is 0 Å². The van der Waals surface area contributed by atoms with E-state index in [-0.39, 0.29) is 32.7 Å². The van der Waals surface area contributed by atoms with Crippen LogP contribution in [0.1, 0.15) is 15.9 Å². The lowest BCUT2D eigenvalue weighted by atomic mass is 10.0. The second-order valence-electron chi connectivity index (χ2n) is 4.15. The molecule has 0 aliphatic heterocycles. The van der Waals surface area contributed by atoms with Gasteiger partial charge in [0.1, 0.15) is 5.75 Å². The normalized spacial score (nSPS) is 10.3. The lowest BCUT2D eigenvalue weighted by Gasteiger charge is -2.09. The number of hydrogen-bond acceptors (Lipinski definition) is 3. The predicted molar refractivity (Wildman–Crippen MR) is 79.4 cm³/mol. The van der Waals surface area contributed by atoms with Crippen molar-refractivity contribution in [1.29, 1.82) is 0 Å². The SMILES string of the molecule is COc1cc(C(=O)c2cc(Cl)c(OC)cc2Cl)ccc1F. The first-order valence-corrected chi connectivity index (χ1v) is 6.64. The van der Waals surface area contributed by atoms with E-state index < -0.39 is 5.82 Å². The van der Waals surface area contributed by atoms with Crippen LogP contribution in [0.15, 0.2) is 30.3 Å². The number of ether oxygens (including phenoxy) is 2. The number of ketones is 1. The van der Waals surface area contributed by atoms with Gasteiger partial charge in [-0.2, -0.15) is 0 Å². The van der Waals surface area contributed by atoms with E-state index in [0.29, 0.717) is 5.75 Å². The Balaban J connectivity index is 2.47. The zero-order valence-corrected chi connectivity index (χ0v) is 12.8. The maximum atomic E-state index is 13.4. The van der Waals surface area contributed by atoms with Gasteiger partial charge in [0.15, 0.2) is 17.3 Å². The van der Waals surface area contributed by atoms with Crippen molar-refractivity contribution in [3.05, 3.63) is 57.3 Å². The minimum Gasteiger partial charge on any atom is -0.495 e. The Morgan fingerprint density at radius 3 is 2.29 bits per heavy atom. The van der Waals surface area contributed by atoms with E-state index in [1.54, 1.807) is 0 Å². The van der Waals surface area contributed by atoms with Crippen LogP contribution in [0, 0.1) is 5.82 Å². The Hall–Kier alpha value is -1.78. The second-order valence-corrected chi connectivity index (χ2v) is 4.96. The number of halogens is 3. The molecule has 0 amide bonds. The molecule has 2 rings (SSSR count). The molecule has 21 heavy (non-hydrogen) atoms. The molecule has 3 nitrogen and oxygen atoms in total. The van der Waals surface area contributed by atoms with Crippen molar-refractivity contribution in [2.45, 2.75) is 0 Å². The molecule has 2 aromatic carbocycles. The van der Waals surface area contributed by atoms with Gasteiger partial charge in [-0.15, -0.1) is 0 Å². The Morgan fingerprint density at radius 2 is 1.67 bits per heavy atom. The summed E-state index contributed by atoms with van der Waals surface area (Å²) in [6, 6.07) is 6.70. The van der Waals surface area contributed by atoms with Gasteiger partial charge in [0.2, 0.25) is 0 Å². The average molecular weight is 329 g/mol. The summed E-state index contributed by atoms with van der Waals surface area (Å²) in [7, 11) is 2.77. The highest BCUT2D eigenvalue weighted by molar-refractivity contribution is 6.37. The van der Waals surface area contributed by atoms with Crippen LogP contribution in [-0.2, 0) is 0 Å². The number of rotatable bonds is 4. The standard InChI is InChI=1S/C15H11Cl2FO3/c1-20-13-7-10(16)9(6-11(13)17)15(19)8-3-4-12(18)14(5-8)21-2/h3-7H,1-2H3. The van der Waals surface area contributed by atoms with E-state index in [0.717, 1.165) is 6.07 Å². The van der Waals surface area contributed by atoms with E-state index >= 15 is 0 Å². The summed E-state index contributed by atoms with van der Waals surface area (Å²) >= 11 is 12.1. The van der Waals surface area contributed by atoms with Crippen LogP contribution in [0.2, 0.25) is 10.0 Å². The molecule has 0 fully saturated rings. The number of benzene rings is 2. The van der Waals surface area contributed by atoms with Crippen LogP contribution in [0.25, 0.3) is 0 Å². The third kappa shape index (κ3) is 3.12. The van der Waals surface area contributed by atoms with Gasteiger partial charge in [-0.05, 0) is 24.3 Å². The van der Waals surface area contributed by atoms with Crippen LogP contribution in [0.5, 0.6) is 11.5 Å². The summed E-state index contributed by atoms with van der Waals surface area (Å²) in [6.45, 7) is 0. The molecule has 6 heteroatoms. The molecule has 0 atom stereocenters. The van der Waals surface area contributed by atoms with Crippen LogP contribution in [0.4, 0.5) is 4.39 Å². The van der Waals surface area contributed by atoms with Crippen molar-refractivity contribution >= 4 is 29.0 Å². The molecule has 0 aromatic heterocycles. The molecular formula is C15H11Cl2FO3. The highest BCUT2D eigenvalue weighted by Crippen LogP contribution is 2.32. The Morgan fingerprint density at radius 1 is 1.00 bits per heavy atom. The van der Waals surface area contributed by atoms with Gasteiger partial charge < -0.3 is 9.47 Å². The summed E-state index contributed by atoms with van der Waals surface area (Å²) in [5, 5.41) is 0.462. The highest BCUT2D eigenvalue weighted by atomic mass is 35.5. The summed E-state index contributed by atoms with van der Waals surface area (Å²) in [5.41, 5.74) is 0.451. The Bertz CT molecular complexity index is 702. The fourth-order valence-corrected chi connectivity index (χ4v) is 2.30. The molecule has 0 radical (unpaired) electrons. The minimum absolute atomic E-state index is 0.0171. The third-order valence-electron chi connectivity index (χ3n) is 2.90. The molecule has 0 saturated heterocycles. The first-order valence-electron chi connectivity index (χ1n) is 5.89. The molecule has 2 aromatic rings. The topological polar surface area (TPSA) is 35.5 Å². The van der Waals surface area contributed by atoms with Crippen molar-refractivity contribution in [3.63, 3.8) is 0 Å². The predicted octanol–water partition coefficient (Wildman–Crippen LogP) is 4.38. The van der Waals surface area contributed by atoms with E-state index in [1.807, 2.05) is 0 Å². The lowest BCUT2D eigenvalue weighted by Crippen LogP contribution is -2.04. The monoisotopic (exact) mass is 328 g/mol. The summed E-state index contributed by atoms with van der Waals surface area (Å²) in [5.74, 6) is -0.581. The summed E-state index contributed by atoms with van der Waals surface area (Å²) < 4.78 is 23.3.